The number of carboxylic acid groups (broad SMARTS) is 1. The van der Waals surface area contributed by atoms with E-state index in [4.69, 9.17) is 5.11 Å². The highest BCUT2D eigenvalue weighted by molar-refractivity contribution is 5.68. The zero-order chi connectivity index (χ0) is 15.9. The monoisotopic (exact) mass is 301 g/mol. The van der Waals surface area contributed by atoms with E-state index in [1.54, 1.807) is 18.2 Å². The van der Waals surface area contributed by atoms with Crippen molar-refractivity contribution in [2.24, 2.45) is 0 Å². The van der Waals surface area contributed by atoms with Gasteiger partial charge in [-0.1, -0.05) is 43.3 Å². The van der Waals surface area contributed by atoms with Crippen molar-refractivity contribution in [2.45, 2.75) is 26.3 Å². The Morgan fingerprint density at radius 2 is 1.73 bits per heavy atom. The first kappa shape index (κ1) is 16.0. The third-order valence-corrected chi connectivity index (χ3v) is 3.63. The fourth-order valence-electron chi connectivity index (χ4n) is 2.47. The van der Waals surface area contributed by atoms with E-state index in [0.29, 0.717) is 18.7 Å². The molecule has 0 radical (unpaired) electrons. The number of hydrogen-bond donors (Lipinski definition) is 1. The van der Waals surface area contributed by atoms with Gasteiger partial charge in [0.2, 0.25) is 0 Å². The number of anilines is 1. The number of para-hydroxylation sites is 1. The molecule has 0 aromatic heterocycles. The number of carboxylic acids is 1. The molecule has 22 heavy (non-hydrogen) atoms. The van der Waals surface area contributed by atoms with E-state index in [-0.39, 0.29) is 12.2 Å². The van der Waals surface area contributed by atoms with Crippen LogP contribution < -0.4 is 4.90 Å². The number of aryl methyl sites for hydroxylation is 1. The van der Waals surface area contributed by atoms with Gasteiger partial charge in [0, 0.05) is 24.3 Å². The first-order chi connectivity index (χ1) is 10.6. The maximum atomic E-state index is 13.9. The topological polar surface area (TPSA) is 40.5 Å². The lowest BCUT2D eigenvalue weighted by Gasteiger charge is -2.27. The van der Waals surface area contributed by atoms with Crippen molar-refractivity contribution in [3.05, 3.63) is 65.5 Å². The third kappa shape index (κ3) is 4.07. The molecule has 2 aromatic rings. The molecule has 0 aliphatic heterocycles. The molecule has 2 rings (SSSR count). The molecule has 0 unspecified atom stereocenters. The SMILES string of the molecule is CCc1ccccc1N(CCC(=O)O)Cc1ccccc1F. The van der Waals surface area contributed by atoms with Gasteiger partial charge in [-0.2, -0.15) is 0 Å². The molecule has 1 N–H and O–H groups in total. The Morgan fingerprint density at radius 1 is 1.09 bits per heavy atom. The van der Waals surface area contributed by atoms with Crippen LogP contribution >= 0.6 is 0 Å². The highest BCUT2D eigenvalue weighted by Gasteiger charge is 2.14. The lowest BCUT2D eigenvalue weighted by Crippen LogP contribution is -2.27. The highest BCUT2D eigenvalue weighted by Crippen LogP contribution is 2.24. The molecule has 0 aliphatic rings. The second-order valence-electron chi connectivity index (χ2n) is 5.14. The van der Waals surface area contributed by atoms with Crippen LogP contribution in [0.15, 0.2) is 48.5 Å². The molecule has 0 amide bonds. The summed E-state index contributed by atoms with van der Waals surface area (Å²) in [7, 11) is 0. The van der Waals surface area contributed by atoms with Gasteiger partial charge in [0.25, 0.3) is 0 Å². The molecule has 0 heterocycles. The second kappa shape index (κ2) is 7.59. The lowest BCUT2D eigenvalue weighted by molar-refractivity contribution is -0.136. The van der Waals surface area contributed by atoms with Crippen LogP contribution in [0.1, 0.15) is 24.5 Å². The summed E-state index contributed by atoms with van der Waals surface area (Å²) in [5.41, 5.74) is 2.66. The Balaban J connectivity index is 2.30. The van der Waals surface area contributed by atoms with Crippen molar-refractivity contribution in [3.8, 4) is 0 Å². The summed E-state index contributed by atoms with van der Waals surface area (Å²) in [4.78, 5) is 12.8. The smallest absolute Gasteiger partial charge is 0.305 e. The largest absolute Gasteiger partial charge is 0.481 e. The van der Waals surface area contributed by atoms with E-state index in [9.17, 15) is 9.18 Å². The number of aliphatic carboxylic acids is 1. The molecular weight excluding hydrogens is 281 g/mol. The second-order valence-corrected chi connectivity index (χ2v) is 5.14. The third-order valence-electron chi connectivity index (χ3n) is 3.63. The number of nitrogens with zero attached hydrogens (tertiary/aromatic N) is 1. The zero-order valence-corrected chi connectivity index (χ0v) is 12.6. The molecule has 0 saturated heterocycles. The molecule has 116 valence electrons. The molecule has 0 aliphatic carbocycles. The summed E-state index contributed by atoms with van der Waals surface area (Å²) < 4.78 is 13.9. The Bertz CT molecular complexity index is 642. The summed E-state index contributed by atoms with van der Waals surface area (Å²) in [5, 5.41) is 8.96. The molecule has 0 atom stereocenters. The molecule has 2 aromatic carbocycles. The van der Waals surface area contributed by atoms with Crippen LogP contribution in [0.4, 0.5) is 10.1 Å². The van der Waals surface area contributed by atoms with Crippen LogP contribution in [0.25, 0.3) is 0 Å². The number of halogens is 1. The zero-order valence-electron chi connectivity index (χ0n) is 12.6. The Labute approximate surface area is 130 Å². The molecule has 4 heteroatoms. The molecule has 0 spiro atoms. The summed E-state index contributed by atoms with van der Waals surface area (Å²) in [6.45, 7) is 2.76. The van der Waals surface area contributed by atoms with Crippen LogP contribution in [0.5, 0.6) is 0 Å². The van der Waals surface area contributed by atoms with E-state index in [1.807, 2.05) is 29.2 Å². The summed E-state index contributed by atoms with van der Waals surface area (Å²) >= 11 is 0. The minimum atomic E-state index is -0.854. The number of benzene rings is 2. The maximum absolute atomic E-state index is 13.9. The van der Waals surface area contributed by atoms with E-state index in [1.165, 1.54) is 6.07 Å². The molecule has 0 bridgehead atoms. The predicted octanol–water partition coefficient (Wildman–Crippen LogP) is 3.87. The van der Waals surface area contributed by atoms with Crippen LogP contribution in [-0.2, 0) is 17.8 Å². The molecular formula is C18H20FNO2. The highest BCUT2D eigenvalue weighted by atomic mass is 19.1. The predicted molar refractivity (Wildman–Crippen MR) is 85.5 cm³/mol. The van der Waals surface area contributed by atoms with Gasteiger partial charge in [-0.05, 0) is 24.1 Å². The fraction of sp³-hybridized carbons (Fsp3) is 0.278. The van der Waals surface area contributed by atoms with Crippen molar-refractivity contribution in [1.82, 2.24) is 0 Å². The van der Waals surface area contributed by atoms with Crippen LogP contribution in [0.3, 0.4) is 0 Å². The van der Waals surface area contributed by atoms with Gasteiger partial charge in [-0.3, -0.25) is 4.79 Å². The van der Waals surface area contributed by atoms with Gasteiger partial charge in [-0.15, -0.1) is 0 Å². The minimum Gasteiger partial charge on any atom is -0.481 e. The first-order valence-electron chi connectivity index (χ1n) is 7.40. The molecule has 0 fully saturated rings. The Morgan fingerprint density at radius 3 is 2.36 bits per heavy atom. The fourth-order valence-corrected chi connectivity index (χ4v) is 2.47. The number of rotatable bonds is 7. The van der Waals surface area contributed by atoms with Crippen LogP contribution in [0.2, 0.25) is 0 Å². The van der Waals surface area contributed by atoms with Crippen LogP contribution in [-0.4, -0.2) is 17.6 Å². The van der Waals surface area contributed by atoms with Crippen molar-refractivity contribution in [2.75, 3.05) is 11.4 Å². The van der Waals surface area contributed by atoms with Gasteiger partial charge >= 0.3 is 5.97 Å². The Kier molecular flexibility index (Phi) is 5.53. The van der Waals surface area contributed by atoms with Gasteiger partial charge < -0.3 is 10.0 Å². The quantitative estimate of drug-likeness (QED) is 0.844. The van der Waals surface area contributed by atoms with E-state index in [0.717, 1.165) is 17.7 Å². The van der Waals surface area contributed by atoms with Gasteiger partial charge in [-0.25, -0.2) is 4.39 Å². The first-order valence-corrected chi connectivity index (χ1v) is 7.40. The van der Waals surface area contributed by atoms with Gasteiger partial charge in [0.1, 0.15) is 5.82 Å². The average molecular weight is 301 g/mol. The van der Waals surface area contributed by atoms with E-state index in [2.05, 4.69) is 6.92 Å². The van der Waals surface area contributed by atoms with Crippen molar-refractivity contribution < 1.29 is 14.3 Å². The minimum absolute atomic E-state index is 0.0203. The van der Waals surface area contributed by atoms with Gasteiger partial charge in [0.05, 0.1) is 6.42 Å². The number of hydrogen-bond acceptors (Lipinski definition) is 2. The molecule has 0 saturated carbocycles. The van der Waals surface area contributed by atoms with Crippen molar-refractivity contribution in [3.63, 3.8) is 0 Å². The normalized spacial score (nSPS) is 10.5. The van der Waals surface area contributed by atoms with Gasteiger partial charge in [0.15, 0.2) is 0 Å². The maximum Gasteiger partial charge on any atom is 0.305 e. The summed E-state index contributed by atoms with van der Waals surface area (Å²) in [6, 6.07) is 14.5. The van der Waals surface area contributed by atoms with E-state index >= 15 is 0 Å². The molecule has 3 nitrogen and oxygen atoms in total. The lowest BCUT2D eigenvalue weighted by atomic mass is 10.1. The van der Waals surface area contributed by atoms with Crippen molar-refractivity contribution in [1.29, 1.82) is 0 Å². The van der Waals surface area contributed by atoms with E-state index < -0.39 is 5.97 Å². The Hall–Kier alpha value is -2.36. The van der Waals surface area contributed by atoms with Crippen molar-refractivity contribution >= 4 is 11.7 Å². The standard InChI is InChI=1S/C18H20FNO2/c1-2-14-7-4-6-10-17(14)20(12-11-18(21)22)13-15-8-3-5-9-16(15)19/h3-10H,2,11-13H2,1H3,(H,21,22). The summed E-state index contributed by atoms with van der Waals surface area (Å²) in [6.07, 6.45) is 0.865. The average Bonchev–Trinajstić information content (AvgIpc) is 2.53. The number of carbonyl (C=O) groups is 1. The summed E-state index contributed by atoms with van der Waals surface area (Å²) in [5.74, 6) is -1.12. The van der Waals surface area contributed by atoms with Crippen LogP contribution in [0, 0.1) is 5.82 Å².